The molecule has 1 amide bonds. The van der Waals surface area contributed by atoms with Crippen molar-refractivity contribution >= 4 is 17.2 Å². The van der Waals surface area contributed by atoms with Crippen LogP contribution in [0.15, 0.2) is 66.0 Å². The van der Waals surface area contributed by atoms with E-state index in [4.69, 9.17) is 10.00 Å². The Bertz CT molecular complexity index is 943. The summed E-state index contributed by atoms with van der Waals surface area (Å²) < 4.78 is 5.45. The minimum atomic E-state index is 0.101. The quantitative estimate of drug-likeness (QED) is 0.556. The number of ether oxygens (including phenoxy) is 1. The van der Waals surface area contributed by atoms with Crippen molar-refractivity contribution < 1.29 is 9.53 Å². The number of carbonyl (C=O) groups excluding carboxylic acids is 1. The average Bonchev–Trinajstić information content (AvgIpc) is 3.25. The van der Waals surface area contributed by atoms with Gasteiger partial charge in [0.05, 0.1) is 25.3 Å². The second-order valence-electron chi connectivity index (χ2n) is 6.45. The van der Waals surface area contributed by atoms with Crippen molar-refractivity contribution in [3.8, 4) is 11.8 Å². The number of hydrogen-bond donors (Lipinski definition) is 0. The first-order valence-electron chi connectivity index (χ1n) is 9.10. The minimum Gasteiger partial charge on any atom is -0.496 e. The lowest BCUT2D eigenvalue weighted by atomic mass is 10.1. The molecule has 0 radical (unpaired) electrons. The molecule has 0 aliphatic heterocycles. The maximum Gasteiger partial charge on any atom is 0.223 e. The van der Waals surface area contributed by atoms with E-state index in [1.165, 1.54) is 0 Å². The van der Waals surface area contributed by atoms with Gasteiger partial charge in [0.2, 0.25) is 5.91 Å². The lowest BCUT2D eigenvalue weighted by molar-refractivity contribution is -0.132. The zero-order valence-electron chi connectivity index (χ0n) is 15.8. The fraction of sp³-hybridized carbons (Fsp3) is 0.217. The van der Waals surface area contributed by atoms with E-state index in [-0.39, 0.29) is 5.91 Å². The van der Waals surface area contributed by atoms with Crippen LogP contribution in [0.5, 0.6) is 5.75 Å². The molecule has 1 aromatic heterocycles. The van der Waals surface area contributed by atoms with Crippen molar-refractivity contribution in [1.29, 1.82) is 5.26 Å². The molecule has 0 aliphatic rings. The molecule has 0 unspecified atom stereocenters. The summed E-state index contributed by atoms with van der Waals surface area (Å²) in [5.41, 5.74) is 2.68. The van der Waals surface area contributed by atoms with Crippen LogP contribution in [0.3, 0.4) is 0 Å². The number of nitriles is 1. The third-order valence-electron chi connectivity index (χ3n) is 4.54. The van der Waals surface area contributed by atoms with Gasteiger partial charge in [-0.05, 0) is 41.6 Å². The second kappa shape index (κ2) is 9.72. The maximum atomic E-state index is 13.0. The first-order valence-corrected chi connectivity index (χ1v) is 9.98. The summed E-state index contributed by atoms with van der Waals surface area (Å²) in [4.78, 5) is 16.0. The van der Waals surface area contributed by atoms with E-state index in [9.17, 15) is 4.79 Å². The van der Waals surface area contributed by atoms with Crippen LogP contribution in [0, 0.1) is 11.3 Å². The summed E-state index contributed by atoms with van der Waals surface area (Å²) in [5.74, 6) is 0.891. The van der Waals surface area contributed by atoms with E-state index in [1.54, 1.807) is 30.6 Å². The van der Waals surface area contributed by atoms with Crippen molar-refractivity contribution in [2.75, 3.05) is 7.11 Å². The van der Waals surface area contributed by atoms with Crippen molar-refractivity contribution in [3.63, 3.8) is 0 Å². The number of para-hydroxylation sites is 1. The maximum absolute atomic E-state index is 13.0. The van der Waals surface area contributed by atoms with Crippen LogP contribution in [0.2, 0.25) is 0 Å². The number of thiophene rings is 1. The highest BCUT2D eigenvalue weighted by Crippen LogP contribution is 2.22. The number of benzene rings is 2. The van der Waals surface area contributed by atoms with E-state index in [1.807, 2.05) is 58.8 Å². The van der Waals surface area contributed by atoms with Gasteiger partial charge in [-0.3, -0.25) is 4.79 Å². The van der Waals surface area contributed by atoms with Gasteiger partial charge in [-0.15, -0.1) is 11.3 Å². The van der Waals surface area contributed by atoms with Gasteiger partial charge in [0, 0.05) is 23.4 Å². The molecule has 0 spiro atoms. The zero-order chi connectivity index (χ0) is 19.8. The van der Waals surface area contributed by atoms with E-state index >= 15 is 0 Å². The Labute approximate surface area is 169 Å². The molecule has 0 aliphatic carbocycles. The number of amides is 1. The van der Waals surface area contributed by atoms with Gasteiger partial charge in [0.25, 0.3) is 0 Å². The van der Waals surface area contributed by atoms with E-state index < -0.39 is 0 Å². The Balaban J connectivity index is 1.71. The van der Waals surface area contributed by atoms with Crippen LogP contribution in [-0.4, -0.2) is 17.9 Å². The molecule has 0 saturated carbocycles. The fourth-order valence-electron chi connectivity index (χ4n) is 3.02. The number of nitrogens with zero attached hydrogens (tertiary/aromatic N) is 2. The van der Waals surface area contributed by atoms with Gasteiger partial charge in [-0.1, -0.05) is 36.4 Å². The van der Waals surface area contributed by atoms with Crippen molar-refractivity contribution in [2.24, 2.45) is 0 Å². The van der Waals surface area contributed by atoms with Crippen molar-refractivity contribution in [2.45, 2.75) is 25.9 Å². The highest BCUT2D eigenvalue weighted by Gasteiger charge is 2.17. The molecule has 0 saturated heterocycles. The molecular weight excluding hydrogens is 368 g/mol. The molecule has 0 atom stereocenters. The molecule has 3 aromatic rings. The van der Waals surface area contributed by atoms with Crippen LogP contribution in [0.4, 0.5) is 0 Å². The number of carbonyl (C=O) groups is 1. The normalized spacial score (nSPS) is 10.3. The minimum absolute atomic E-state index is 0.101. The van der Waals surface area contributed by atoms with Crippen LogP contribution in [0.1, 0.15) is 28.0 Å². The molecule has 2 aromatic carbocycles. The largest absolute Gasteiger partial charge is 0.496 e. The van der Waals surface area contributed by atoms with Crippen LogP contribution in [-0.2, 0) is 24.3 Å². The molecule has 0 N–H and O–H groups in total. The number of methoxy groups -OCH3 is 1. The summed E-state index contributed by atoms with van der Waals surface area (Å²) in [6, 6.07) is 21.4. The number of rotatable bonds is 8. The van der Waals surface area contributed by atoms with Crippen molar-refractivity contribution in [3.05, 3.63) is 87.6 Å². The summed E-state index contributed by atoms with van der Waals surface area (Å²) in [5, 5.41) is 10.9. The standard InChI is InChI=1S/C23H22N2O2S/c1-27-22-7-3-2-5-20(22)16-25(17-21-6-4-14-28-21)23(26)13-12-18-8-10-19(15-24)11-9-18/h2-11,14H,12-13,16-17H2,1H3. The first-order chi connectivity index (χ1) is 13.7. The van der Waals surface area contributed by atoms with Crippen LogP contribution in [0.25, 0.3) is 0 Å². The van der Waals surface area contributed by atoms with Crippen LogP contribution < -0.4 is 4.74 Å². The van der Waals surface area contributed by atoms with Gasteiger partial charge in [-0.25, -0.2) is 0 Å². The smallest absolute Gasteiger partial charge is 0.223 e. The van der Waals surface area contributed by atoms with Gasteiger partial charge in [-0.2, -0.15) is 5.26 Å². The second-order valence-corrected chi connectivity index (χ2v) is 7.48. The Morgan fingerprint density at radius 2 is 1.86 bits per heavy atom. The van der Waals surface area contributed by atoms with Crippen LogP contribution >= 0.6 is 11.3 Å². The van der Waals surface area contributed by atoms with Gasteiger partial charge in [0.15, 0.2) is 0 Å². The fourth-order valence-corrected chi connectivity index (χ4v) is 3.74. The van der Waals surface area contributed by atoms with Gasteiger partial charge >= 0.3 is 0 Å². The molecule has 0 bridgehead atoms. The number of hydrogen-bond acceptors (Lipinski definition) is 4. The van der Waals surface area contributed by atoms with E-state index in [2.05, 4.69) is 6.07 Å². The summed E-state index contributed by atoms with van der Waals surface area (Å²) in [6.07, 6.45) is 1.07. The Morgan fingerprint density at radius 3 is 2.54 bits per heavy atom. The lowest BCUT2D eigenvalue weighted by Crippen LogP contribution is -2.30. The highest BCUT2D eigenvalue weighted by atomic mass is 32.1. The molecule has 0 fully saturated rings. The first kappa shape index (κ1) is 19.7. The lowest BCUT2D eigenvalue weighted by Gasteiger charge is -2.23. The molecule has 5 heteroatoms. The van der Waals surface area contributed by atoms with Gasteiger partial charge < -0.3 is 9.64 Å². The molecule has 28 heavy (non-hydrogen) atoms. The van der Waals surface area contributed by atoms with E-state index in [0.717, 1.165) is 21.8 Å². The SMILES string of the molecule is COc1ccccc1CN(Cc1cccs1)C(=O)CCc1ccc(C#N)cc1. The summed E-state index contributed by atoms with van der Waals surface area (Å²) in [7, 11) is 1.65. The molecular formula is C23H22N2O2S. The topological polar surface area (TPSA) is 53.3 Å². The predicted octanol–water partition coefficient (Wildman–Crippen LogP) is 4.79. The molecule has 3 rings (SSSR count). The van der Waals surface area contributed by atoms with E-state index in [0.29, 0.717) is 31.5 Å². The summed E-state index contributed by atoms with van der Waals surface area (Å²) >= 11 is 1.65. The monoisotopic (exact) mass is 390 g/mol. The highest BCUT2D eigenvalue weighted by molar-refractivity contribution is 7.09. The summed E-state index contributed by atoms with van der Waals surface area (Å²) in [6.45, 7) is 1.09. The third kappa shape index (κ3) is 5.21. The predicted molar refractivity (Wildman–Crippen MR) is 111 cm³/mol. The van der Waals surface area contributed by atoms with Gasteiger partial charge in [0.1, 0.15) is 5.75 Å². The molecule has 4 nitrogen and oxygen atoms in total. The Morgan fingerprint density at radius 1 is 1.07 bits per heavy atom. The molecule has 142 valence electrons. The number of aryl methyl sites for hydroxylation is 1. The Kier molecular flexibility index (Phi) is 6.83. The third-order valence-corrected chi connectivity index (χ3v) is 5.40. The zero-order valence-corrected chi connectivity index (χ0v) is 16.6. The van der Waals surface area contributed by atoms with Crippen molar-refractivity contribution in [1.82, 2.24) is 4.90 Å². The average molecular weight is 391 g/mol. The Hall–Kier alpha value is -3.10. The molecule has 1 heterocycles.